The molecule has 26 heavy (non-hydrogen) atoms. The lowest BCUT2D eigenvalue weighted by atomic mass is 9.94. The molecular formula is C17H16F2N6O. The highest BCUT2D eigenvalue weighted by molar-refractivity contribution is 5.93. The molecule has 7 nitrogen and oxygen atoms in total. The Morgan fingerprint density at radius 3 is 2.81 bits per heavy atom. The van der Waals surface area contributed by atoms with Gasteiger partial charge < -0.3 is 11.1 Å². The van der Waals surface area contributed by atoms with E-state index < -0.39 is 17.5 Å². The Bertz CT molecular complexity index is 1000. The number of primary amides is 1. The lowest BCUT2D eigenvalue weighted by Crippen LogP contribution is -2.27. The van der Waals surface area contributed by atoms with Crippen molar-refractivity contribution >= 4 is 22.8 Å². The van der Waals surface area contributed by atoms with E-state index in [1.54, 1.807) is 0 Å². The Morgan fingerprint density at radius 1 is 1.27 bits per heavy atom. The van der Waals surface area contributed by atoms with Gasteiger partial charge >= 0.3 is 0 Å². The van der Waals surface area contributed by atoms with Crippen LogP contribution in [0.3, 0.4) is 0 Å². The van der Waals surface area contributed by atoms with Crippen LogP contribution in [0.1, 0.15) is 22.5 Å². The number of benzene rings is 1. The van der Waals surface area contributed by atoms with Gasteiger partial charge in [-0.05, 0) is 18.8 Å². The van der Waals surface area contributed by atoms with Crippen molar-refractivity contribution in [1.82, 2.24) is 19.7 Å². The summed E-state index contributed by atoms with van der Waals surface area (Å²) in [6.45, 7) is 1.32. The maximum Gasteiger partial charge on any atom is 0.252 e. The number of carbonyl (C=O) groups is 1. The Hall–Kier alpha value is -3.10. The van der Waals surface area contributed by atoms with Crippen molar-refractivity contribution in [3.8, 4) is 0 Å². The zero-order chi connectivity index (χ0) is 18.3. The molecule has 0 fully saturated rings. The van der Waals surface area contributed by atoms with Crippen LogP contribution in [0, 0.1) is 17.6 Å². The first-order chi connectivity index (χ1) is 12.5. The van der Waals surface area contributed by atoms with E-state index in [1.807, 2.05) is 4.68 Å². The summed E-state index contributed by atoms with van der Waals surface area (Å²) >= 11 is 0. The van der Waals surface area contributed by atoms with Gasteiger partial charge in [0.2, 0.25) is 0 Å². The maximum atomic E-state index is 13.4. The van der Waals surface area contributed by atoms with E-state index in [0.29, 0.717) is 36.4 Å². The molecule has 9 heteroatoms. The molecule has 0 saturated heterocycles. The van der Waals surface area contributed by atoms with Crippen LogP contribution in [0.2, 0.25) is 0 Å². The molecule has 134 valence electrons. The molecule has 0 saturated carbocycles. The molecule has 1 aliphatic heterocycles. The minimum Gasteiger partial charge on any atom is -0.368 e. The highest BCUT2D eigenvalue weighted by atomic mass is 19.2. The summed E-state index contributed by atoms with van der Waals surface area (Å²) in [5, 5.41) is 7.36. The van der Waals surface area contributed by atoms with E-state index >= 15 is 0 Å². The number of fused-ring (bicyclic) bond motifs is 2. The molecule has 4 rings (SSSR count). The van der Waals surface area contributed by atoms with Crippen molar-refractivity contribution < 1.29 is 13.6 Å². The number of amides is 1. The topological polar surface area (TPSA) is 98.7 Å². The Kier molecular flexibility index (Phi) is 3.98. The van der Waals surface area contributed by atoms with Crippen LogP contribution < -0.4 is 11.1 Å². The third-order valence-corrected chi connectivity index (χ3v) is 4.60. The minimum atomic E-state index is -0.955. The maximum absolute atomic E-state index is 13.4. The zero-order valence-electron chi connectivity index (χ0n) is 13.7. The van der Waals surface area contributed by atoms with E-state index in [4.69, 9.17) is 5.73 Å². The molecule has 0 spiro atoms. The molecule has 0 aliphatic carbocycles. The molecule has 0 bridgehead atoms. The van der Waals surface area contributed by atoms with Crippen LogP contribution in [0.4, 0.5) is 14.6 Å². The Morgan fingerprint density at radius 2 is 2.04 bits per heavy atom. The second-order valence-electron chi connectivity index (χ2n) is 6.34. The summed E-state index contributed by atoms with van der Waals surface area (Å²) < 4.78 is 28.4. The van der Waals surface area contributed by atoms with Gasteiger partial charge in [0, 0.05) is 25.2 Å². The Balaban J connectivity index is 1.47. The van der Waals surface area contributed by atoms with Crippen LogP contribution in [0.15, 0.2) is 24.5 Å². The number of anilines is 1. The van der Waals surface area contributed by atoms with Crippen molar-refractivity contribution in [2.75, 3.05) is 11.9 Å². The molecule has 1 aliphatic rings. The van der Waals surface area contributed by atoms with Crippen molar-refractivity contribution in [1.29, 1.82) is 0 Å². The number of nitrogens with zero attached hydrogens (tertiary/aromatic N) is 4. The van der Waals surface area contributed by atoms with Crippen LogP contribution in [0.25, 0.3) is 11.0 Å². The molecule has 2 aromatic heterocycles. The van der Waals surface area contributed by atoms with Crippen LogP contribution in [-0.2, 0) is 13.0 Å². The van der Waals surface area contributed by atoms with Gasteiger partial charge in [0.1, 0.15) is 5.82 Å². The van der Waals surface area contributed by atoms with Gasteiger partial charge in [-0.15, -0.1) is 0 Å². The summed E-state index contributed by atoms with van der Waals surface area (Å²) in [5.41, 5.74) is 7.26. The fourth-order valence-electron chi connectivity index (χ4n) is 3.22. The van der Waals surface area contributed by atoms with E-state index in [1.165, 1.54) is 12.4 Å². The van der Waals surface area contributed by atoms with Gasteiger partial charge in [-0.2, -0.15) is 5.10 Å². The standard InChI is InChI=1S/C17H16F2N6O/c18-11-4-13-14(5-12(11)19)24-16(8-21-13)22-6-9-1-2-25-15(3-9)10(7-23-25)17(20)26/h4-5,7-9H,1-3,6H2,(H2,20,26)(H,22,24)/t9-/m1/s1. The van der Waals surface area contributed by atoms with Gasteiger partial charge in [-0.25, -0.2) is 13.8 Å². The van der Waals surface area contributed by atoms with E-state index in [0.717, 1.165) is 24.2 Å². The second kappa shape index (κ2) is 6.32. The summed E-state index contributed by atoms with van der Waals surface area (Å²) in [5.74, 6) is -1.63. The molecule has 1 atom stereocenters. The van der Waals surface area contributed by atoms with Crippen LogP contribution in [-0.4, -0.2) is 32.2 Å². The van der Waals surface area contributed by atoms with Gasteiger partial charge in [0.15, 0.2) is 11.6 Å². The number of hydrogen-bond acceptors (Lipinski definition) is 5. The van der Waals surface area contributed by atoms with Crippen molar-refractivity contribution in [2.24, 2.45) is 11.7 Å². The molecule has 3 aromatic rings. The third-order valence-electron chi connectivity index (χ3n) is 4.60. The second-order valence-corrected chi connectivity index (χ2v) is 6.34. The molecule has 0 radical (unpaired) electrons. The lowest BCUT2D eigenvalue weighted by Gasteiger charge is -2.24. The predicted octanol–water partition coefficient (Wildman–Crippen LogP) is 1.88. The van der Waals surface area contributed by atoms with Crippen molar-refractivity contribution in [2.45, 2.75) is 19.4 Å². The summed E-state index contributed by atoms with van der Waals surface area (Å²) in [7, 11) is 0. The highest BCUT2D eigenvalue weighted by Gasteiger charge is 2.24. The first kappa shape index (κ1) is 16.4. The fourth-order valence-corrected chi connectivity index (χ4v) is 3.22. The van der Waals surface area contributed by atoms with Crippen molar-refractivity contribution in [3.63, 3.8) is 0 Å². The molecule has 1 amide bonds. The number of rotatable bonds is 4. The number of nitrogens with two attached hydrogens (primary N) is 1. The fraction of sp³-hybridized carbons (Fsp3) is 0.294. The number of aromatic nitrogens is 4. The SMILES string of the molecule is NC(=O)c1cnn2c1C[C@H](CNc1cnc3cc(F)c(F)cc3n1)CC2. The third kappa shape index (κ3) is 2.96. The summed E-state index contributed by atoms with van der Waals surface area (Å²) in [4.78, 5) is 19.8. The van der Waals surface area contributed by atoms with Crippen LogP contribution >= 0.6 is 0 Å². The van der Waals surface area contributed by atoms with E-state index in [-0.39, 0.29) is 11.4 Å². The largest absolute Gasteiger partial charge is 0.368 e. The minimum absolute atomic E-state index is 0.264. The molecule has 3 N–H and O–H groups in total. The van der Waals surface area contributed by atoms with E-state index in [9.17, 15) is 13.6 Å². The van der Waals surface area contributed by atoms with Crippen molar-refractivity contribution in [3.05, 3.63) is 47.4 Å². The molecule has 3 heterocycles. The molecule has 1 aromatic carbocycles. The average Bonchev–Trinajstić information content (AvgIpc) is 3.04. The average molecular weight is 358 g/mol. The molecule has 0 unspecified atom stereocenters. The van der Waals surface area contributed by atoms with Crippen LogP contribution in [0.5, 0.6) is 0 Å². The smallest absolute Gasteiger partial charge is 0.252 e. The first-order valence-electron chi connectivity index (χ1n) is 8.21. The van der Waals surface area contributed by atoms with Gasteiger partial charge in [0.05, 0.1) is 34.7 Å². The number of aryl methyl sites for hydroxylation is 1. The monoisotopic (exact) mass is 358 g/mol. The number of hydrogen-bond donors (Lipinski definition) is 2. The summed E-state index contributed by atoms with van der Waals surface area (Å²) in [6.07, 6.45) is 4.56. The predicted molar refractivity (Wildman–Crippen MR) is 90.5 cm³/mol. The lowest BCUT2D eigenvalue weighted by molar-refractivity contribution is 0.0998. The number of nitrogens with one attached hydrogen (secondary N) is 1. The highest BCUT2D eigenvalue weighted by Crippen LogP contribution is 2.23. The zero-order valence-corrected chi connectivity index (χ0v) is 13.7. The van der Waals surface area contributed by atoms with Gasteiger partial charge in [0.25, 0.3) is 5.91 Å². The quantitative estimate of drug-likeness (QED) is 0.742. The number of carbonyl (C=O) groups excluding carboxylic acids is 1. The summed E-state index contributed by atoms with van der Waals surface area (Å²) in [6, 6.07) is 2.05. The first-order valence-corrected chi connectivity index (χ1v) is 8.21. The van der Waals surface area contributed by atoms with E-state index in [2.05, 4.69) is 20.4 Å². The van der Waals surface area contributed by atoms with Gasteiger partial charge in [-0.3, -0.25) is 14.5 Å². The number of halogens is 2. The normalized spacial score (nSPS) is 16.5. The van der Waals surface area contributed by atoms with Gasteiger partial charge in [-0.1, -0.05) is 0 Å². The molecular weight excluding hydrogens is 342 g/mol. The Labute approximate surface area is 147 Å².